The number of benzene rings is 2. The third-order valence-electron chi connectivity index (χ3n) is 5.75. The zero-order valence-corrected chi connectivity index (χ0v) is 19.2. The fourth-order valence-corrected chi connectivity index (χ4v) is 4.36. The average molecular weight is 452 g/mol. The maximum Gasteiger partial charge on any atom is 0.321 e. The van der Waals surface area contributed by atoms with E-state index in [1.807, 2.05) is 60.0 Å². The smallest absolute Gasteiger partial charge is 0.321 e. The lowest BCUT2D eigenvalue weighted by Crippen LogP contribution is -2.50. The number of methoxy groups -OCH3 is 1. The minimum Gasteiger partial charge on any atom is -0.494 e. The number of carbonyl (C=O) groups is 2. The number of aromatic nitrogens is 2. The maximum atomic E-state index is 13.7. The van der Waals surface area contributed by atoms with Crippen LogP contribution in [0.25, 0.3) is 11.0 Å². The van der Waals surface area contributed by atoms with Gasteiger partial charge in [0.05, 0.1) is 30.3 Å². The van der Waals surface area contributed by atoms with Crippen LogP contribution < -0.4 is 9.64 Å². The molecule has 33 heavy (non-hydrogen) atoms. The predicted molar refractivity (Wildman–Crippen MR) is 124 cm³/mol. The van der Waals surface area contributed by atoms with Crippen molar-refractivity contribution in [2.24, 2.45) is 5.92 Å². The first-order valence-corrected chi connectivity index (χ1v) is 11.3. The minimum atomic E-state index is -1.03. The Bertz CT molecular complexity index is 1120. The second-order valence-electron chi connectivity index (χ2n) is 7.78. The van der Waals surface area contributed by atoms with Crippen molar-refractivity contribution in [1.82, 2.24) is 9.55 Å². The molecule has 0 fully saturated rings. The van der Waals surface area contributed by atoms with Crippen LogP contribution in [0.15, 0.2) is 48.5 Å². The molecule has 8 nitrogen and oxygen atoms in total. The highest BCUT2D eigenvalue weighted by molar-refractivity contribution is 6.08. The van der Waals surface area contributed by atoms with Crippen molar-refractivity contribution < 1.29 is 23.8 Å². The summed E-state index contributed by atoms with van der Waals surface area (Å²) in [6, 6.07) is 14.6. The number of nitrogens with zero attached hydrogens (tertiary/aromatic N) is 3. The normalized spacial score (nSPS) is 17.8. The van der Waals surface area contributed by atoms with Gasteiger partial charge in [0.1, 0.15) is 5.75 Å². The number of ether oxygens (including phenoxy) is 3. The van der Waals surface area contributed by atoms with Crippen LogP contribution in [0.2, 0.25) is 0 Å². The predicted octanol–water partition coefficient (Wildman–Crippen LogP) is 3.59. The number of imidazole rings is 1. The van der Waals surface area contributed by atoms with Gasteiger partial charge in [-0.05, 0) is 50.1 Å². The molecule has 3 aromatic rings. The number of fused-ring (bicyclic) bond motifs is 3. The summed E-state index contributed by atoms with van der Waals surface area (Å²) in [5.41, 5.74) is 2.42. The molecule has 1 amide bonds. The van der Waals surface area contributed by atoms with Gasteiger partial charge in [-0.1, -0.05) is 24.3 Å². The molecule has 1 aromatic heterocycles. The molecule has 0 saturated heterocycles. The summed E-state index contributed by atoms with van der Waals surface area (Å²) < 4.78 is 18.1. The topological polar surface area (TPSA) is 82.9 Å². The van der Waals surface area contributed by atoms with E-state index in [0.29, 0.717) is 32.1 Å². The summed E-state index contributed by atoms with van der Waals surface area (Å²) in [6.07, 6.45) is 0.620. The first kappa shape index (κ1) is 22.8. The summed E-state index contributed by atoms with van der Waals surface area (Å²) in [7, 11) is 1.62. The molecule has 2 heterocycles. The highest BCUT2D eigenvalue weighted by atomic mass is 16.5. The third-order valence-corrected chi connectivity index (χ3v) is 5.75. The monoisotopic (exact) mass is 451 g/mol. The van der Waals surface area contributed by atoms with E-state index >= 15 is 0 Å². The van der Waals surface area contributed by atoms with Crippen LogP contribution in [-0.2, 0) is 19.1 Å². The number of para-hydroxylation sites is 2. The van der Waals surface area contributed by atoms with Crippen LogP contribution in [0.5, 0.6) is 5.75 Å². The quantitative estimate of drug-likeness (QED) is 0.281. The van der Waals surface area contributed by atoms with Crippen molar-refractivity contribution >= 4 is 28.9 Å². The minimum absolute atomic E-state index is 0.194. The maximum absolute atomic E-state index is 13.7. The lowest BCUT2D eigenvalue weighted by atomic mass is 9.89. The molecule has 174 valence electrons. The number of anilines is 1. The van der Waals surface area contributed by atoms with Crippen molar-refractivity contribution in [2.75, 3.05) is 38.4 Å². The van der Waals surface area contributed by atoms with Crippen LogP contribution in [0, 0.1) is 5.92 Å². The van der Waals surface area contributed by atoms with Gasteiger partial charge in [-0.25, -0.2) is 4.98 Å². The molecule has 2 aromatic carbocycles. The number of carbonyl (C=O) groups excluding carboxylic acids is 2. The van der Waals surface area contributed by atoms with Gasteiger partial charge >= 0.3 is 5.97 Å². The molecule has 8 heteroatoms. The van der Waals surface area contributed by atoms with Gasteiger partial charge in [-0.2, -0.15) is 0 Å². The molecule has 0 bridgehead atoms. The molecular formula is C25H29N3O5. The van der Waals surface area contributed by atoms with E-state index in [9.17, 15) is 9.59 Å². The number of esters is 1. The fraction of sp³-hybridized carbons (Fsp3) is 0.400. The Morgan fingerprint density at radius 1 is 1.06 bits per heavy atom. The first-order chi connectivity index (χ1) is 16.1. The molecule has 0 aliphatic carbocycles. The molecule has 0 unspecified atom stereocenters. The van der Waals surface area contributed by atoms with Gasteiger partial charge in [-0.3, -0.25) is 14.5 Å². The van der Waals surface area contributed by atoms with Crippen LogP contribution in [-0.4, -0.2) is 54.9 Å². The summed E-state index contributed by atoms with van der Waals surface area (Å²) in [5, 5.41) is 0. The number of rotatable bonds is 9. The Kier molecular flexibility index (Phi) is 6.93. The summed E-state index contributed by atoms with van der Waals surface area (Å²) in [5.74, 6) is -0.631. The average Bonchev–Trinajstić information content (AvgIpc) is 3.20. The Balaban J connectivity index is 1.89. The standard InChI is InChI=1S/C25H29N3O5/c1-4-32-18-13-11-17(12-14-18)22-21(24(30)33-5-2)23(29)27(15-8-16-31-3)25-26-19-9-6-7-10-20(19)28(22)25/h6-7,9-14,21-22H,4-5,8,15-16H2,1-3H3/t21-,22-/m0/s1. The van der Waals surface area contributed by atoms with Gasteiger partial charge in [-0.15, -0.1) is 0 Å². The molecular weight excluding hydrogens is 422 g/mol. The molecule has 0 radical (unpaired) electrons. The Morgan fingerprint density at radius 2 is 1.82 bits per heavy atom. The van der Waals surface area contributed by atoms with Crippen LogP contribution >= 0.6 is 0 Å². The van der Waals surface area contributed by atoms with Crippen molar-refractivity contribution in [3.8, 4) is 5.75 Å². The summed E-state index contributed by atoms with van der Waals surface area (Å²) >= 11 is 0. The lowest BCUT2D eigenvalue weighted by molar-refractivity contribution is -0.153. The molecule has 1 aliphatic rings. The van der Waals surface area contributed by atoms with Crippen LogP contribution in [0.3, 0.4) is 0 Å². The van der Waals surface area contributed by atoms with Crippen molar-refractivity contribution in [2.45, 2.75) is 26.3 Å². The molecule has 2 atom stereocenters. The third kappa shape index (κ3) is 4.30. The highest BCUT2D eigenvalue weighted by Gasteiger charge is 2.47. The molecule has 4 rings (SSSR count). The lowest BCUT2D eigenvalue weighted by Gasteiger charge is -2.38. The van der Waals surface area contributed by atoms with E-state index in [-0.39, 0.29) is 12.5 Å². The van der Waals surface area contributed by atoms with Gasteiger partial charge in [0.25, 0.3) is 0 Å². The van der Waals surface area contributed by atoms with Crippen molar-refractivity contribution in [1.29, 1.82) is 0 Å². The Hall–Kier alpha value is -3.39. The second-order valence-corrected chi connectivity index (χ2v) is 7.78. The fourth-order valence-electron chi connectivity index (χ4n) is 4.36. The zero-order chi connectivity index (χ0) is 23.4. The SMILES string of the molecule is CCOC(=O)[C@@H]1C(=O)N(CCCOC)c2nc3ccccc3n2[C@H]1c1ccc(OCC)cc1. The van der Waals surface area contributed by atoms with E-state index < -0.39 is 17.9 Å². The number of hydrogen-bond donors (Lipinski definition) is 0. The zero-order valence-electron chi connectivity index (χ0n) is 19.2. The van der Waals surface area contributed by atoms with Crippen LogP contribution in [0.4, 0.5) is 5.95 Å². The van der Waals surface area contributed by atoms with E-state index in [1.54, 1.807) is 18.9 Å². The van der Waals surface area contributed by atoms with E-state index in [0.717, 1.165) is 22.3 Å². The van der Waals surface area contributed by atoms with Gasteiger partial charge in [0, 0.05) is 20.3 Å². The summed E-state index contributed by atoms with van der Waals surface area (Å²) in [4.78, 5) is 33.3. The van der Waals surface area contributed by atoms with E-state index in [4.69, 9.17) is 19.2 Å². The van der Waals surface area contributed by atoms with Gasteiger partial charge in [0.15, 0.2) is 5.92 Å². The van der Waals surface area contributed by atoms with Gasteiger partial charge < -0.3 is 18.8 Å². The molecule has 0 saturated carbocycles. The largest absolute Gasteiger partial charge is 0.494 e. The Morgan fingerprint density at radius 3 is 2.52 bits per heavy atom. The highest BCUT2D eigenvalue weighted by Crippen LogP contribution is 2.41. The van der Waals surface area contributed by atoms with Crippen LogP contribution in [0.1, 0.15) is 31.9 Å². The van der Waals surface area contributed by atoms with Gasteiger partial charge in [0.2, 0.25) is 11.9 Å². The van der Waals surface area contributed by atoms with Crippen molar-refractivity contribution in [3.05, 3.63) is 54.1 Å². The molecule has 0 N–H and O–H groups in total. The number of hydrogen-bond acceptors (Lipinski definition) is 6. The molecule has 0 spiro atoms. The molecule has 1 aliphatic heterocycles. The Labute approximate surface area is 193 Å². The van der Waals surface area contributed by atoms with E-state index in [2.05, 4.69) is 0 Å². The summed E-state index contributed by atoms with van der Waals surface area (Å²) in [6.45, 7) is 5.30. The van der Waals surface area contributed by atoms with Crippen molar-refractivity contribution in [3.63, 3.8) is 0 Å². The second kappa shape index (κ2) is 10.0. The number of amides is 1. The first-order valence-electron chi connectivity index (χ1n) is 11.3. The van der Waals surface area contributed by atoms with E-state index in [1.165, 1.54) is 0 Å².